The molecule has 0 aliphatic heterocycles. The van der Waals surface area contributed by atoms with E-state index in [1.54, 1.807) is 20.0 Å². The van der Waals surface area contributed by atoms with Crippen molar-refractivity contribution in [3.05, 3.63) is 71.9 Å². The minimum Gasteiger partial charge on any atom is -0.480 e. The molecule has 0 saturated heterocycles. The average Bonchev–Trinajstić information content (AvgIpc) is 3.37. The summed E-state index contributed by atoms with van der Waals surface area (Å²) in [4.78, 5) is 54.9. The van der Waals surface area contributed by atoms with Gasteiger partial charge in [0.1, 0.15) is 18.1 Å². The Hall–Kier alpha value is -4.22. The fourth-order valence-electron chi connectivity index (χ4n) is 4.77. The molecule has 11 heteroatoms. The number of hydrogen-bond donors (Lipinski definition) is 7. The summed E-state index contributed by atoms with van der Waals surface area (Å²) < 4.78 is 0. The SMILES string of the molecule is CC(C)C(NC(=O)C(CCCCN)NC(=O)C(N)Cc1ccccc1)C(=O)NC(Cc1c[nH]c2ccccc12)C(=O)O. The van der Waals surface area contributed by atoms with Crippen molar-refractivity contribution >= 4 is 34.6 Å². The van der Waals surface area contributed by atoms with Gasteiger partial charge in [-0.3, -0.25) is 14.4 Å². The molecule has 9 N–H and O–H groups in total. The van der Waals surface area contributed by atoms with E-state index in [0.29, 0.717) is 32.2 Å². The zero-order chi connectivity index (χ0) is 30.6. The van der Waals surface area contributed by atoms with Gasteiger partial charge in [-0.05, 0) is 55.3 Å². The van der Waals surface area contributed by atoms with Gasteiger partial charge in [-0.1, -0.05) is 62.4 Å². The molecule has 0 fully saturated rings. The maximum atomic E-state index is 13.4. The number of aliphatic carboxylic acids is 1. The summed E-state index contributed by atoms with van der Waals surface area (Å²) in [5, 5.41) is 18.8. The number of aromatic amines is 1. The van der Waals surface area contributed by atoms with Gasteiger partial charge in [0.05, 0.1) is 6.04 Å². The number of nitrogens with two attached hydrogens (primary N) is 2. The number of amides is 3. The molecule has 0 saturated carbocycles. The Labute approximate surface area is 245 Å². The van der Waals surface area contributed by atoms with Crippen molar-refractivity contribution in [3.63, 3.8) is 0 Å². The Bertz CT molecular complexity index is 1340. The molecule has 226 valence electrons. The van der Waals surface area contributed by atoms with Gasteiger partial charge in [0.2, 0.25) is 17.7 Å². The number of benzene rings is 2. The van der Waals surface area contributed by atoms with E-state index in [9.17, 15) is 24.3 Å². The molecule has 1 aromatic heterocycles. The van der Waals surface area contributed by atoms with Gasteiger partial charge in [0, 0.05) is 23.5 Å². The third-order valence-electron chi connectivity index (χ3n) is 7.18. The first-order valence-corrected chi connectivity index (χ1v) is 14.3. The lowest BCUT2D eigenvalue weighted by Gasteiger charge is -2.27. The highest BCUT2D eigenvalue weighted by Crippen LogP contribution is 2.19. The molecule has 1 heterocycles. The van der Waals surface area contributed by atoms with Crippen LogP contribution in [0.4, 0.5) is 0 Å². The number of H-pyrrole nitrogens is 1. The number of nitrogens with one attached hydrogen (secondary N) is 4. The third-order valence-corrected chi connectivity index (χ3v) is 7.18. The van der Waals surface area contributed by atoms with Crippen LogP contribution in [0, 0.1) is 5.92 Å². The second-order valence-electron chi connectivity index (χ2n) is 10.8. The quantitative estimate of drug-likeness (QED) is 0.125. The van der Waals surface area contributed by atoms with Crippen molar-refractivity contribution in [2.45, 2.75) is 70.1 Å². The summed E-state index contributed by atoms with van der Waals surface area (Å²) in [5.74, 6) is -3.22. The van der Waals surface area contributed by atoms with Crippen LogP contribution in [0.3, 0.4) is 0 Å². The highest BCUT2D eigenvalue weighted by molar-refractivity contribution is 5.94. The van der Waals surface area contributed by atoms with Gasteiger partial charge < -0.3 is 37.5 Å². The Kier molecular flexibility index (Phi) is 12.1. The molecule has 0 aliphatic carbocycles. The first-order chi connectivity index (χ1) is 20.1. The fraction of sp³-hybridized carbons (Fsp3) is 0.419. The molecule has 0 bridgehead atoms. The smallest absolute Gasteiger partial charge is 0.326 e. The Morgan fingerprint density at radius 2 is 1.50 bits per heavy atom. The van der Waals surface area contributed by atoms with Crippen LogP contribution in [-0.2, 0) is 32.0 Å². The van der Waals surface area contributed by atoms with Gasteiger partial charge in [-0.2, -0.15) is 0 Å². The minimum atomic E-state index is -1.22. The van der Waals surface area contributed by atoms with Crippen LogP contribution in [-0.4, -0.2) is 64.5 Å². The van der Waals surface area contributed by atoms with Crippen molar-refractivity contribution in [2.75, 3.05) is 6.54 Å². The number of carboxylic acid groups (broad SMARTS) is 1. The predicted molar refractivity (Wildman–Crippen MR) is 161 cm³/mol. The molecule has 4 atom stereocenters. The lowest BCUT2D eigenvalue weighted by molar-refractivity contribution is -0.142. The largest absolute Gasteiger partial charge is 0.480 e. The van der Waals surface area contributed by atoms with Crippen molar-refractivity contribution in [3.8, 4) is 0 Å². The molecule has 3 rings (SSSR count). The highest BCUT2D eigenvalue weighted by Gasteiger charge is 2.32. The van der Waals surface area contributed by atoms with Crippen molar-refractivity contribution in [2.24, 2.45) is 17.4 Å². The van der Waals surface area contributed by atoms with Gasteiger partial charge in [0.15, 0.2) is 0 Å². The first kappa shape index (κ1) is 32.3. The van der Waals surface area contributed by atoms with Crippen molar-refractivity contribution in [1.29, 1.82) is 0 Å². The lowest BCUT2D eigenvalue weighted by atomic mass is 10.00. The van der Waals surface area contributed by atoms with E-state index >= 15 is 0 Å². The molecule has 0 spiro atoms. The number of carboxylic acids is 1. The van der Waals surface area contributed by atoms with Crippen LogP contribution in [0.1, 0.15) is 44.2 Å². The summed E-state index contributed by atoms with van der Waals surface area (Å²) >= 11 is 0. The standard InChI is InChI=1S/C31H42N6O5/c1-19(2)27(30(40)36-26(31(41)42)17-21-18-34-24-13-7-6-12-22(21)24)37-29(39)25(14-8-9-15-32)35-28(38)23(33)16-20-10-4-3-5-11-20/h3-7,10-13,18-19,23,25-27,34H,8-9,14-17,32-33H2,1-2H3,(H,35,38)(H,36,40)(H,37,39)(H,41,42). The number of aromatic nitrogens is 1. The van der Waals surface area contributed by atoms with E-state index in [-0.39, 0.29) is 12.3 Å². The van der Waals surface area contributed by atoms with Gasteiger partial charge in [-0.25, -0.2) is 4.79 Å². The van der Waals surface area contributed by atoms with Crippen LogP contribution < -0.4 is 27.4 Å². The molecule has 2 aromatic carbocycles. The summed E-state index contributed by atoms with van der Waals surface area (Å²) in [6.45, 7) is 3.93. The molecular formula is C31H42N6O5. The molecule has 3 amide bonds. The monoisotopic (exact) mass is 578 g/mol. The number of unbranched alkanes of at least 4 members (excludes halogenated alkanes) is 1. The number of para-hydroxylation sites is 1. The van der Waals surface area contributed by atoms with E-state index in [1.165, 1.54) is 0 Å². The van der Waals surface area contributed by atoms with Gasteiger partial charge in [-0.15, -0.1) is 0 Å². The molecule has 11 nitrogen and oxygen atoms in total. The van der Waals surface area contributed by atoms with E-state index in [2.05, 4.69) is 20.9 Å². The number of carbonyl (C=O) groups excluding carboxylic acids is 3. The van der Waals surface area contributed by atoms with Gasteiger partial charge >= 0.3 is 5.97 Å². The van der Waals surface area contributed by atoms with Crippen molar-refractivity contribution in [1.82, 2.24) is 20.9 Å². The number of rotatable bonds is 16. The Balaban J connectivity index is 1.69. The molecule has 0 aliphatic rings. The van der Waals surface area contributed by atoms with Crippen LogP contribution >= 0.6 is 0 Å². The summed E-state index contributed by atoms with van der Waals surface area (Å²) in [6.07, 6.45) is 3.61. The van der Waals surface area contributed by atoms with E-state index in [1.807, 2.05) is 54.6 Å². The lowest BCUT2D eigenvalue weighted by Crippen LogP contribution is -2.58. The number of carbonyl (C=O) groups is 4. The summed E-state index contributed by atoms with van der Waals surface area (Å²) in [5.41, 5.74) is 14.3. The molecule has 4 unspecified atom stereocenters. The first-order valence-electron chi connectivity index (χ1n) is 14.3. The predicted octanol–water partition coefficient (Wildman–Crippen LogP) is 1.60. The second kappa shape index (κ2) is 15.7. The molecule has 0 radical (unpaired) electrons. The fourth-order valence-corrected chi connectivity index (χ4v) is 4.77. The highest BCUT2D eigenvalue weighted by atomic mass is 16.4. The number of fused-ring (bicyclic) bond motifs is 1. The summed E-state index contributed by atoms with van der Waals surface area (Å²) in [7, 11) is 0. The Morgan fingerprint density at radius 1 is 0.833 bits per heavy atom. The summed E-state index contributed by atoms with van der Waals surface area (Å²) in [6, 6.07) is 12.7. The van der Waals surface area contributed by atoms with E-state index in [4.69, 9.17) is 11.5 Å². The van der Waals surface area contributed by atoms with Crippen molar-refractivity contribution < 1.29 is 24.3 Å². The molecule has 42 heavy (non-hydrogen) atoms. The maximum absolute atomic E-state index is 13.4. The minimum absolute atomic E-state index is 0.0565. The molecular weight excluding hydrogens is 536 g/mol. The number of hydrogen-bond acceptors (Lipinski definition) is 6. The van der Waals surface area contributed by atoms with Crippen LogP contribution in [0.15, 0.2) is 60.8 Å². The van der Waals surface area contributed by atoms with Gasteiger partial charge in [0.25, 0.3) is 0 Å². The molecule has 3 aromatic rings. The third kappa shape index (κ3) is 9.15. The zero-order valence-electron chi connectivity index (χ0n) is 24.1. The van der Waals surface area contributed by atoms with E-state index in [0.717, 1.165) is 22.0 Å². The van der Waals surface area contributed by atoms with Crippen LogP contribution in [0.25, 0.3) is 10.9 Å². The van der Waals surface area contributed by atoms with Crippen LogP contribution in [0.2, 0.25) is 0 Å². The zero-order valence-corrected chi connectivity index (χ0v) is 24.1. The normalized spacial score (nSPS) is 14.1. The Morgan fingerprint density at radius 3 is 2.17 bits per heavy atom. The average molecular weight is 579 g/mol. The van der Waals surface area contributed by atoms with Crippen LogP contribution in [0.5, 0.6) is 0 Å². The second-order valence-corrected chi connectivity index (χ2v) is 10.8. The topological polar surface area (TPSA) is 192 Å². The van der Waals surface area contributed by atoms with E-state index < -0.39 is 47.9 Å². The maximum Gasteiger partial charge on any atom is 0.326 e.